The second-order valence-electron chi connectivity index (χ2n) is 4.58. The number of hydrazine groups is 1. The monoisotopic (exact) mass is 282 g/mol. The maximum absolute atomic E-state index is 12.2. The van der Waals surface area contributed by atoms with E-state index in [0.29, 0.717) is 23.0 Å². The average Bonchev–Trinajstić information content (AvgIpc) is 2.88. The molecule has 3 rings (SSSR count). The fraction of sp³-hybridized carbons (Fsp3) is 0.0714. The highest BCUT2D eigenvalue weighted by atomic mass is 16.1. The molecule has 1 amide bonds. The van der Waals surface area contributed by atoms with Crippen LogP contribution in [0.25, 0.3) is 11.0 Å². The van der Waals surface area contributed by atoms with Gasteiger partial charge in [0.25, 0.3) is 5.91 Å². The summed E-state index contributed by atoms with van der Waals surface area (Å²) in [6, 6.07) is 10.8. The molecular weight excluding hydrogens is 268 g/mol. The Morgan fingerprint density at radius 1 is 1.24 bits per heavy atom. The molecule has 7 heteroatoms. The SMILES string of the molecule is Cc1cc(C(=O)Nc2nc3ccccc3[nH]2)cc(NN)n1. The zero-order chi connectivity index (χ0) is 14.8. The third kappa shape index (κ3) is 2.67. The maximum Gasteiger partial charge on any atom is 0.258 e. The van der Waals surface area contributed by atoms with Crippen LogP contribution in [0.5, 0.6) is 0 Å². The van der Waals surface area contributed by atoms with Crippen molar-refractivity contribution < 1.29 is 4.79 Å². The minimum atomic E-state index is -0.281. The van der Waals surface area contributed by atoms with E-state index in [2.05, 4.69) is 25.7 Å². The predicted molar refractivity (Wildman–Crippen MR) is 80.8 cm³/mol. The number of H-pyrrole nitrogens is 1. The minimum Gasteiger partial charge on any atom is -0.324 e. The van der Waals surface area contributed by atoms with E-state index in [1.165, 1.54) is 0 Å². The van der Waals surface area contributed by atoms with Crippen LogP contribution in [0.4, 0.5) is 11.8 Å². The number of para-hydroxylation sites is 2. The summed E-state index contributed by atoms with van der Waals surface area (Å²) in [5.41, 5.74) is 5.24. The second-order valence-corrected chi connectivity index (χ2v) is 4.58. The van der Waals surface area contributed by atoms with Gasteiger partial charge in [-0.05, 0) is 31.2 Å². The normalized spacial score (nSPS) is 10.6. The van der Waals surface area contributed by atoms with Gasteiger partial charge in [0.2, 0.25) is 5.95 Å². The molecule has 106 valence electrons. The van der Waals surface area contributed by atoms with Gasteiger partial charge in [-0.25, -0.2) is 15.8 Å². The zero-order valence-electron chi connectivity index (χ0n) is 11.3. The topological polar surface area (TPSA) is 109 Å². The molecule has 7 nitrogen and oxygen atoms in total. The molecule has 0 aliphatic heterocycles. The molecule has 0 bridgehead atoms. The quantitative estimate of drug-likeness (QED) is 0.432. The Labute approximate surface area is 120 Å². The van der Waals surface area contributed by atoms with E-state index in [4.69, 9.17) is 5.84 Å². The average molecular weight is 282 g/mol. The van der Waals surface area contributed by atoms with Crippen molar-refractivity contribution in [1.82, 2.24) is 15.0 Å². The number of nitrogens with two attached hydrogens (primary N) is 1. The van der Waals surface area contributed by atoms with Crippen molar-refractivity contribution in [3.63, 3.8) is 0 Å². The first-order chi connectivity index (χ1) is 10.2. The van der Waals surface area contributed by atoms with Gasteiger partial charge in [0.1, 0.15) is 5.82 Å². The molecule has 1 aromatic carbocycles. The second kappa shape index (κ2) is 5.22. The van der Waals surface area contributed by atoms with Gasteiger partial charge < -0.3 is 10.4 Å². The molecule has 0 radical (unpaired) electrons. The molecule has 0 spiro atoms. The van der Waals surface area contributed by atoms with Crippen LogP contribution >= 0.6 is 0 Å². The lowest BCUT2D eigenvalue weighted by atomic mass is 10.2. The van der Waals surface area contributed by atoms with Gasteiger partial charge in [0.15, 0.2) is 0 Å². The van der Waals surface area contributed by atoms with Crippen molar-refractivity contribution in [2.24, 2.45) is 5.84 Å². The first kappa shape index (κ1) is 13.1. The van der Waals surface area contributed by atoms with Gasteiger partial charge in [-0.15, -0.1) is 0 Å². The molecule has 0 saturated carbocycles. The van der Waals surface area contributed by atoms with E-state index in [-0.39, 0.29) is 5.91 Å². The van der Waals surface area contributed by atoms with Crippen molar-refractivity contribution in [2.75, 3.05) is 10.7 Å². The van der Waals surface area contributed by atoms with E-state index in [9.17, 15) is 4.79 Å². The number of nitrogens with zero attached hydrogens (tertiary/aromatic N) is 2. The van der Waals surface area contributed by atoms with Crippen LogP contribution < -0.4 is 16.6 Å². The summed E-state index contributed by atoms with van der Waals surface area (Å²) < 4.78 is 0. The Morgan fingerprint density at radius 3 is 2.81 bits per heavy atom. The Kier molecular flexibility index (Phi) is 3.25. The smallest absolute Gasteiger partial charge is 0.258 e. The molecule has 0 atom stereocenters. The van der Waals surface area contributed by atoms with Gasteiger partial charge in [0.05, 0.1) is 11.0 Å². The summed E-state index contributed by atoms with van der Waals surface area (Å²) in [5.74, 6) is 5.88. The van der Waals surface area contributed by atoms with Gasteiger partial charge in [-0.2, -0.15) is 0 Å². The number of hydrogen-bond donors (Lipinski definition) is 4. The number of anilines is 2. The Bertz CT molecular complexity index is 777. The van der Waals surface area contributed by atoms with Crippen LogP contribution in [0, 0.1) is 6.92 Å². The van der Waals surface area contributed by atoms with E-state index >= 15 is 0 Å². The summed E-state index contributed by atoms with van der Waals surface area (Å²) in [4.78, 5) is 23.7. The maximum atomic E-state index is 12.2. The van der Waals surface area contributed by atoms with Crippen LogP contribution in [-0.4, -0.2) is 20.9 Å². The van der Waals surface area contributed by atoms with Gasteiger partial charge in [0, 0.05) is 11.3 Å². The summed E-state index contributed by atoms with van der Waals surface area (Å²) >= 11 is 0. The number of hydrogen-bond acceptors (Lipinski definition) is 5. The number of carbonyl (C=O) groups excluding carboxylic acids is 1. The Morgan fingerprint density at radius 2 is 2.05 bits per heavy atom. The van der Waals surface area contributed by atoms with Crippen LogP contribution in [-0.2, 0) is 0 Å². The molecule has 0 fully saturated rings. The standard InChI is InChI=1S/C14H14N6O/c1-8-6-9(7-12(16-8)20-15)13(21)19-14-17-10-4-2-3-5-11(10)18-14/h2-7H,15H2,1H3,(H,16,20)(H2,17,18,19,21). The summed E-state index contributed by atoms with van der Waals surface area (Å²) in [7, 11) is 0. The molecule has 0 aliphatic rings. The number of imidazole rings is 1. The molecule has 2 aromatic heterocycles. The molecule has 2 heterocycles. The van der Waals surface area contributed by atoms with Crippen molar-refractivity contribution in [3.8, 4) is 0 Å². The van der Waals surface area contributed by atoms with Gasteiger partial charge in [-0.3, -0.25) is 10.1 Å². The molecule has 0 unspecified atom stereocenters. The van der Waals surface area contributed by atoms with Crippen LogP contribution in [0.3, 0.4) is 0 Å². The van der Waals surface area contributed by atoms with Crippen molar-refractivity contribution in [1.29, 1.82) is 0 Å². The lowest BCUT2D eigenvalue weighted by Crippen LogP contribution is -2.15. The zero-order valence-corrected chi connectivity index (χ0v) is 11.3. The Balaban J connectivity index is 1.87. The highest BCUT2D eigenvalue weighted by Gasteiger charge is 2.11. The highest BCUT2D eigenvalue weighted by molar-refractivity contribution is 6.04. The number of carbonyl (C=O) groups is 1. The first-order valence-electron chi connectivity index (χ1n) is 6.37. The van der Waals surface area contributed by atoms with E-state index in [1.807, 2.05) is 24.3 Å². The lowest BCUT2D eigenvalue weighted by Gasteiger charge is -2.06. The van der Waals surface area contributed by atoms with Gasteiger partial charge in [-0.1, -0.05) is 12.1 Å². The number of pyridine rings is 1. The number of aromatic nitrogens is 3. The molecule has 0 aliphatic carbocycles. The third-order valence-corrected chi connectivity index (χ3v) is 2.98. The summed E-state index contributed by atoms with van der Waals surface area (Å²) in [6.45, 7) is 1.79. The molecular formula is C14H14N6O. The van der Waals surface area contributed by atoms with Crippen LogP contribution in [0.2, 0.25) is 0 Å². The first-order valence-corrected chi connectivity index (χ1v) is 6.37. The fourth-order valence-corrected chi connectivity index (χ4v) is 2.07. The van der Waals surface area contributed by atoms with Crippen LogP contribution in [0.15, 0.2) is 36.4 Å². The van der Waals surface area contributed by atoms with Gasteiger partial charge >= 0.3 is 0 Å². The molecule has 0 saturated heterocycles. The van der Waals surface area contributed by atoms with Crippen molar-refractivity contribution in [2.45, 2.75) is 6.92 Å². The van der Waals surface area contributed by atoms with E-state index < -0.39 is 0 Å². The summed E-state index contributed by atoms with van der Waals surface area (Å²) in [5, 5.41) is 2.72. The number of nitrogens with one attached hydrogen (secondary N) is 3. The number of aromatic amines is 1. The van der Waals surface area contributed by atoms with Crippen molar-refractivity contribution >= 4 is 28.7 Å². The number of rotatable bonds is 3. The Hall–Kier alpha value is -2.93. The lowest BCUT2D eigenvalue weighted by molar-refractivity contribution is 0.102. The number of nitrogen functional groups attached to an aromatic ring is 1. The molecule has 3 aromatic rings. The highest BCUT2D eigenvalue weighted by Crippen LogP contribution is 2.15. The molecule has 5 N–H and O–H groups in total. The largest absolute Gasteiger partial charge is 0.324 e. The molecule has 21 heavy (non-hydrogen) atoms. The number of fused-ring (bicyclic) bond motifs is 1. The summed E-state index contributed by atoms with van der Waals surface area (Å²) in [6.07, 6.45) is 0. The van der Waals surface area contributed by atoms with E-state index in [0.717, 1.165) is 11.0 Å². The third-order valence-electron chi connectivity index (χ3n) is 2.98. The van der Waals surface area contributed by atoms with Crippen LogP contribution in [0.1, 0.15) is 16.1 Å². The number of amides is 1. The number of aryl methyl sites for hydroxylation is 1. The number of benzene rings is 1. The fourth-order valence-electron chi connectivity index (χ4n) is 2.07. The van der Waals surface area contributed by atoms with E-state index in [1.54, 1.807) is 19.1 Å². The minimum absolute atomic E-state index is 0.281. The van der Waals surface area contributed by atoms with Crippen molar-refractivity contribution in [3.05, 3.63) is 47.7 Å². The predicted octanol–water partition coefficient (Wildman–Crippen LogP) is 1.80.